The van der Waals surface area contributed by atoms with E-state index in [2.05, 4.69) is 29.6 Å². The number of aryl methyl sites for hydroxylation is 1. The van der Waals surface area contributed by atoms with Gasteiger partial charge in [0.1, 0.15) is 0 Å². The fourth-order valence-corrected chi connectivity index (χ4v) is 3.76. The molecule has 3 nitrogen and oxygen atoms in total. The van der Waals surface area contributed by atoms with E-state index < -0.39 is 5.97 Å². The van der Waals surface area contributed by atoms with Crippen LogP contribution in [0.15, 0.2) is 47.4 Å². The van der Waals surface area contributed by atoms with Crippen molar-refractivity contribution in [2.45, 2.75) is 24.3 Å². The molecule has 1 aliphatic heterocycles. The highest BCUT2D eigenvalue weighted by atomic mass is 32.2. The van der Waals surface area contributed by atoms with E-state index in [1.54, 1.807) is 12.1 Å². The van der Waals surface area contributed by atoms with Gasteiger partial charge in [-0.15, -0.1) is 11.8 Å². The van der Waals surface area contributed by atoms with Gasteiger partial charge >= 0.3 is 5.97 Å². The van der Waals surface area contributed by atoms with Gasteiger partial charge in [-0.3, -0.25) is 0 Å². The number of aromatic carboxylic acids is 1. The Morgan fingerprint density at radius 1 is 1.29 bits per heavy atom. The third-order valence-corrected chi connectivity index (χ3v) is 4.88. The summed E-state index contributed by atoms with van der Waals surface area (Å²) in [5.74, 6) is 0.213. The molecule has 2 aromatic carbocycles. The molecule has 0 saturated carbocycles. The summed E-state index contributed by atoms with van der Waals surface area (Å²) < 4.78 is 0. The SMILES string of the molecule is Cc1cc(C(=O)O)ccc1NC1CCSc2ccccc21. The minimum atomic E-state index is -0.885. The topological polar surface area (TPSA) is 49.3 Å². The van der Waals surface area contributed by atoms with Crippen molar-refractivity contribution in [3.05, 3.63) is 59.2 Å². The molecule has 1 heterocycles. The zero-order chi connectivity index (χ0) is 14.8. The number of rotatable bonds is 3. The lowest BCUT2D eigenvalue weighted by Gasteiger charge is -2.27. The first-order valence-corrected chi connectivity index (χ1v) is 7.96. The molecule has 0 saturated heterocycles. The molecule has 1 aliphatic rings. The van der Waals surface area contributed by atoms with E-state index in [0.717, 1.165) is 23.4 Å². The van der Waals surface area contributed by atoms with Gasteiger partial charge in [-0.1, -0.05) is 18.2 Å². The molecule has 2 aromatic rings. The molecule has 0 aliphatic carbocycles. The second-order valence-corrected chi connectivity index (χ2v) is 6.34. The number of fused-ring (bicyclic) bond motifs is 1. The number of carbonyl (C=O) groups is 1. The van der Waals surface area contributed by atoms with E-state index in [9.17, 15) is 4.79 Å². The van der Waals surface area contributed by atoms with Crippen LogP contribution in [0.5, 0.6) is 0 Å². The average Bonchev–Trinajstić information content (AvgIpc) is 2.49. The molecule has 21 heavy (non-hydrogen) atoms. The second-order valence-electron chi connectivity index (χ2n) is 5.21. The molecule has 0 aromatic heterocycles. The van der Waals surface area contributed by atoms with Gasteiger partial charge in [0, 0.05) is 16.3 Å². The summed E-state index contributed by atoms with van der Waals surface area (Å²) in [6.07, 6.45) is 1.07. The van der Waals surface area contributed by atoms with Crippen molar-refractivity contribution in [3.8, 4) is 0 Å². The molecule has 2 N–H and O–H groups in total. The van der Waals surface area contributed by atoms with Gasteiger partial charge in [-0.05, 0) is 48.7 Å². The predicted octanol–water partition coefficient (Wildman–Crippen LogP) is 4.34. The Morgan fingerprint density at radius 3 is 2.86 bits per heavy atom. The van der Waals surface area contributed by atoms with Crippen LogP contribution in [-0.2, 0) is 0 Å². The van der Waals surface area contributed by atoms with Gasteiger partial charge < -0.3 is 10.4 Å². The summed E-state index contributed by atoms with van der Waals surface area (Å²) in [5, 5.41) is 12.6. The highest BCUT2D eigenvalue weighted by Gasteiger charge is 2.20. The molecular formula is C17H17NO2S. The van der Waals surface area contributed by atoms with Crippen molar-refractivity contribution in [3.63, 3.8) is 0 Å². The first-order chi connectivity index (χ1) is 10.1. The van der Waals surface area contributed by atoms with E-state index in [1.165, 1.54) is 10.5 Å². The standard InChI is InChI=1S/C17H17NO2S/c1-11-10-12(17(19)20)6-7-14(11)18-15-8-9-21-16-5-3-2-4-13(15)16/h2-7,10,15,18H,8-9H2,1H3,(H,19,20). The van der Waals surface area contributed by atoms with E-state index >= 15 is 0 Å². The summed E-state index contributed by atoms with van der Waals surface area (Å²) in [6, 6.07) is 14.0. The first kappa shape index (κ1) is 14.0. The van der Waals surface area contributed by atoms with Crippen molar-refractivity contribution in [1.29, 1.82) is 0 Å². The maximum absolute atomic E-state index is 11.0. The van der Waals surface area contributed by atoms with Crippen LogP contribution in [0.2, 0.25) is 0 Å². The minimum absolute atomic E-state index is 0.289. The number of carboxylic acids is 1. The summed E-state index contributed by atoms with van der Waals surface area (Å²) >= 11 is 1.90. The molecule has 1 unspecified atom stereocenters. The highest BCUT2D eigenvalue weighted by Crippen LogP contribution is 2.38. The predicted molar refractivity (Wildman–Crippen MR) is 86.3 cm³/mol. The molecule has 108 valence electrons. The molecule has 0 spiro atoms. The summed E-state index contributed by atoms with van der Waals surface area (Å²) in [7, 11) is 0. The Kier molecular flexibility index (Phi) is 3.88. The molecular weight excluding hydrogens is 282 g/mol. The van der Waals surface area contributed by atoms with Crippen LogP contribution < -0.4 is 5.32 Å². The lowest BCUT2D eigenvalue weighted by molar-refractivity contribution is 0.0697. The fourth-order valence-electron chi connectivity index (χ4n) is 2.64. The number of hydrogen-bond donors (Lipinski definition) is 2. The van der Waals surface area contributed by atoms with Gasteiger partial charge in [0.15, 0.2) is 0 Å². The van der Waals surface area contributed by atoms with Gasteiger partial charge in [0.25, 0.3) is 0 Å². The quantitative estimate of drug-likeness (QED) is 0.885. The Hall–Kier alpha value is -1.94. The van der Waals surface area contributed by atoms with E-state index in [4.69, 9.17) is 5.11 Å². The van der Waals surface area contributed by atoms with E-state index in [0.29, 0.717) is 5.56 Å². The van der Waals surface area contributed by atoms with Crippen LogP contribution in [0.3, 0.4) is 0 Å². The van der Waals surface area contributed by atoms with Crippen molar-refractivity contribution in [1.82, 2.24) is 0 Å². The zero-order valence-corrected chi connectivity index (χ0v) is 12.6. The van der Waals surface area contributed by atoms with Gasteiger partial charge in [-0.25, -0.2) is 4.79 Å². The Morgan fingerprint density at radius 2 is 2.10 bits per heavy atom. The van der Waals surface area contributed by atoms with Crippen molar-refractivity contribution >= 4 is 23.4 Å². The Bertz CT molecular complexity index is 684. The average molecular weight is 299 g/mol. The largest absolute Gasteiger partial charge is 0.478 e. The normalized spacial score (nSPS) is 17.1. The third-order valence-electron chi connectivity index (χ3n) is 3.76. The molecule has 0 amide bonds. The first-order valence-electron chi connectivity index (χ1n) is 6.97. The number of nitrogens with one attached hydrogen (secondary N) is 1. The third kappa shape index (κ3) is 2.90. The van der Waals surface area contributed by atoms with Crippen molar-refractivity contribution in [2.24, 2.45) is 0 Å². The molecule has 0 bridgehead atoms. The van der Waals surface area contributed by atoms with E-state index in [-0.39, 0.29) is 6.04 Å². The number of carboxylic acid groups (broad SMARTS) is 1. The zero-order valence-electron chi connectivity index (χ0n) is 11.8. The Balaban J connectivity index is 1.86. The summed E-state index contributed by atoms with van der Waals surface area (Å²) in [4.78, 5) is 12.3. The highest BCUT2D eigenvalue weighted by molar-refractivity contribution is 7.99. The summed E-state index contributed by atoms with van der Waals surface area (Å²) in [5.41, 5.74) is 3.63. The van der Waals surface area contributed by atoms with Crippen LogP contribution in [-0.4, -0.2) is 16.8 Å². The molecule has 3 rings (SSSR count). The molecule has 0 radical (unpaired) electrons. The van der Waals surface area contributed by atoms with Crippen molar-refractivity contribution < 1.29 is 9.90 Å². The van der Waals surface area contributed by atoms with Gasteiger partial charge in [0.05, 0.1) is 11.6 Å². The smallest absolute Gasteiger partial charge is 0.335 e. The lowest BCUT2D eigenvalue weighted by atomic mass is 10.0. The number of anilines is 1. The monoisotopic (exact) mass is 299 g/mol. The lowest BCUT2D eigenvalue weighted by Crippen LogP contribution is -2.16. The van der Waals surface area contributed by atoms with Gasteiger partial charge in [-0.2, -0.15) is 0 Å². The van der Waals surface area contributed by atoms with Crippen LogP contribution in [0.4, 0.5) is 5.69 Å². The minimum Gasteiger partial charge on any atom is -0.478 e. The molecule has 4 heteroatoms. The van der Waals surface area contributed by atoms with E-state index in [1.807, 2.05) is 24.8 Å². The molecule has 0 fully saturated rings. The van der Waals surface area contributed by atoms with Crippen LogP contribution in [0.1, 0.15) is 33.9 Å². The number of hydrogen-bond acceptors (Lipinski definition) is 3. The van der Waals surface area contributed by atoms with Gasteiger partial charge in [0.2, 0.25) is 0 Å². The maximum atomic E-state index is 11.0. The van der Waals surface area contributed by atoms with Crippen molar-refractivity contribution in [2.75, 3.05) is 11.1 Å². The Labute approximate surface area is 128 Å². The van der Waals surface area contributed by atoms with Crippen LogP contribution in [0.25, 0.3) is 0 Å². The van der Waals surface area contributed by atoms with Crippen LogP contribution >= 0.6 is 11.8 Å². The van der Waals surface area contributed by atoms with Crippen LogP contribution in [0, 0.1) is 6.92 Å². The maximum Gasteiger partial charge on any atom is 0.335 e. The molecule has 1 atom stereocenters. The second kappa shape index (κ2) is 5.82. The fraction of sp³-hybridized carbons (Fsp3) is 0.235. The number of benzene rings is 2. The summed E-state index contributed by atoms with van der Waals surface area (Å²) in [6.45, 7) is 1.94. The number of thioether (sulfide) groups is 1.